The van der Waals surface area contributed by atoms with Gasteiger partial charge in [0.1, 0.15) is 19.0 Å². The van der Waals surface area contributed by atoms with E-state index < -0.39 is 16.1 Å². The van der Waals surface area contributed by atoms with Crippen molar-refractivity contribution in [3.8, 4) is 17.2 Å². The van der Waals surface area contributed by atoms with Gasteiger partial charge in [0.2, 0.25) is 15.9 Å². The van der Waals surface area contributed by atoms with Gasteiger partial charge in [0, 0.05) is 39.2 Å². The lowest BCUT2D eigenvalue weighted by molar-refractivity contribution is -0.140. The second kappa shape index (κ2) is 8.80. The van der Waals surface area contributed by atoms with E-state index in [9.17, 15) is 18.0 Å². The number of piperazine rings is 1. The minimum absolute atomic E-state index is 0.112. The smallest absolute Gasteiger partial charge is 0.265 e. The molecule has 10 nitrogen and oxygen atoms in total. The van der Waals surface area contributed by atoms with Crippen LogP contribution in [0.3, 0.4) is 0 Å². The first-order valence-corrected chi connectivity index (χ1v) is 12.5. The normalized spacial score (nSPS) is 20.3. The predicted octanol–water partition coefficient (Wildman–Crippen LogP) is 1.10. The summed E-state index contributed by atoms with van der Waals surface area (Å²) in [5.74, 6) is 0.961. The van der Waals surface area contributed by atoms with Gasteiger partial charge in [-0.1, -0.05) is 12.1 Å². The molecule has 180 valence electrons. The summed E-state index contributed by atoms with van der Waals surface area (Å²) in [6.07, 6.45) is -0.847. The SMILES string of the molecule is CC(=O)N1C[C@@H](C(=O)N2CCN(S(=O)(=O)c3ccc4c(c3)OCCO4)CC2)Oc2ccccc21. The van der Waals surface area contributed by atoms with E-state index >= 15 is 0 Å². The van der Waals surface area contributed by atoms with Crippen molar-refractivity contribution in [1.82, 2.24) is 9.21 Å². The van der Waals surface area contributed by atoms with Crippen LogP contribution in [0.2, 0.25) is 0 Å². The highest BCUT2D eigenvalue weighted by Crippen LogP contribution is 2.35. The summed E-state index contributed by atoms with van der Waals surface area (Å²) in [6.45, 7) is 3.12. The summed E-state index contributed by atoms with van der Waals surface area (Å²) in [5, 5.41) is 0. The molecule has 34 heavy (non-hydrogen) atoms. The monoisotopic (exact) mass is 487 g/mol. The van der Waals surface area contributed by atoms with Crippen LogP contribution in [0, 0.1) is 0 Å². The van der Waals surface area contributed by atoms with E-state index in [4.69, 9.17) is 14.2 Å². The van der Waals surface area contributed by atoms with Gasteiger partial charge in [-0.15, -0.1) is 0 Å². The van der Waals surface area contributed by atoms with Crippen LogP contribution in [-0.2, 0) is 19.6 Å². The summed E-state index contributed by atoms with van der Waals surface area (Å²) in [5.41, 5.74) is 0.634. The third-order valence-electron chi connectivity index (χ3n) is 6.13. The maximum Gasteiger partial charge on any atom is 0.265 e. The number of rotatable bonds is 3. The van der Waals surface area contributed by atoms with Gasteiger partial charge in [0.05, 0.1) is 17.1 Å². The largest absolute Gasteiger partial charge is 0.486 e. The van der Waals surface area contributed by atoms with Crippen molar-refractivity contribution in [3.63, 3.8) is 0 Å². The fraction of sp³-hybridized carbons (Fsp3) is 0.391. The number of hydrogen-bond donors (Lipinski definition) is 0. The molecule has 0 saturated carbocycles. The number of carbonyl (C=O) groups excluding carboxylic acids is 2. The van der Waals surface area contributed by atoms with Crippen LogP contribution in [-0.4, -0.2) is 81.5 Å². The molecule has 3 heterocycles. The highest BCUT2D eigenvalue weighted by Gasteiger charge is 2.37. The van der Waals surface area contributed by atoms with Crippen molar-refractivity contribution in [2.75, 3.05) is 50.8 Å². The molecule has 0 aromatic heterocycles. The van der Waals surface area contributed by atoms with Gasteiger partial charge in [-0.05, 0) is 24.3 Å². The summed E-state index contributed by atoms with van der Waals surface area (Å²) < 4.78 is 44.6. The van der Waals surface area contributed by atoms with Gasteiger partial charge < -0.3 is 24.0 Å². The minimum Gasteiger partial charge on any atom is -0.486 e. The van der Waals surface area contributed by atoms with E-state index in [-0.39, 0.29) is 49.4 Å². The zero-order valence-electron chi connectivity index (χ0n) is 18.7. The third kappa shape index (κ3) is 4.05. The number of nitrogens with zero attached hydrogens (tertiary/aromatic N) is 3. The lowest BCUT2D eigenvalue weighted by Crippen LogP contribution is -2.56. The van der Waals surface area contributed by atoms with Crippen LogP contribution in [0.5, 0.6) is 17.2 Å². The predicted molar refractivity (Wildman–Crippen MR) is 122 cm³/mol. The molecule has 1 fully saturated rings. The Bertz CT molecular complexity index is 1220. The second-order valence-electron chi connectivity index (χ2n) is 8.24. The van der Waals surface area contributed by atoms with Gasteiger partial charge in [-0.25, -0.2) is 8.42 Å². The molecule has 2 amide bonds. The van der Waals surface area contributed by atoms with Crippen LogP contribution in [0.1, 0.15) is 6.92 Å². The van der Waals surface area contributed by atoms with E-state index in [1.165, 1.54) is 28.3 Å². The average Bonchev–Trinajstić information content (AvgIpc) is 2.87. The maximum atomic E-state index is 13.2. The molecule has 0 bridgehead atoms. The number of fused-ring (bicyclic) bond motifs is 2. The Hall–Kier alpha value is -3.31. The Morgan fingerprint density at radius 1 is 0.912 bits per heavy atom. The van der Waals surface area contributed by atoms with Crippen molar-refractivity contribution < 1.29 is 32.2 Å². The van der Waals surface area contributed by atoms with Crippen LogP contribution in [0.4, 0.5) is 5.69 Å². The van der Waals surface area contributed by atoms with Crippen molar-refractivity contribution >= 4 is 27.5 Å². The molecule has 2 aromatic rings. The third-order valence-corrected chi connectivity index (χ3v) is 8.03. The number of hydrogen-bond acceptors (Lipinski definition) is 7. The first-order valence-electron chi connectivity index (χ1n) is 11.1. The molecule has 0 radical (unpaired) electrons. The van der Waals surface area contributed by atoms with Crippen molar-refractivity contribution in [1.29, 1.82) is 0 Å². The van der Waals surface area contributed by atoms with E-state index in [0.717, 1.165) is 0 Å². The standard InChI is InChI=1S/C23H25N3O7S/c1-16(27)26-15-22(33-19-5-3-2-4-18(19)26)23(28)24-8-10-25(11-9-24)34(29,30)17-6-7-20-21(14-17)32-13-12-31-20/h2-7,14,22H,8-13,15H2,1H3/t22-/m0/s1. The summed E-state index contributed by atoms with van der Waals surface area (Å²) in [7, 11) is -3.75. The van der Waals surface area contributed by atoms with E-state index in [1.54, 1.807) is 29.2 Å². The molecule has 0 unspecified atom stereocenters. The fourth-order valence-corrected chi connectivity index (χ4v) is 5.79. The van der Waals surface area contributed by atoms with Crippen LogP contribution >= 0.6 is 0 Å². The quantitative estimate of drug-likeness (QED) is 0.639. The van der Waals surface area contributed by atoms with E-state index in [0.29, 0.717) is 36.1 Å². The van der Waals surface area contributed by atoms with Crippen LogP contribution in [0.15, 0.2) is 47.4 Å². The zero-order valence-corrected chi connectivity index (χ0v) is 19.5. The molecule has 3 aliphatic rings. The summed E-state index contributed by atoms with van der Waals surface area (Å²) >= 11 is 0. The molecule has 1 saturated heterocycles. The molecule has 1 atom stereocenters. The number of carbonyl (C=O) groups is 2. The molecule has 11 heteroatoms. The van der Waals surface area contributed by atoms with Gasteiger partial charge in [-0.2, -0.15) is 4.31 Å². The Morgan fingerprint density at radius 3 is 2.35 bits per heavy atom. The average molecular weight is 488 g/mol. The first-order chi connectivity index (χ1) is 16.3. The second-order valence-corrected chi connectivity index (χ2v) is 10.2. The van der Waals surface area contributed by atoms with Gasteiger partial charge in [-0.3, -0.25) is 9.59 Å². The highest BCUT2D eigenvalue weighted by molar-refractivity contribution is 7.89. The Balaban J connectivity index is 1.26. The summed E-state index contributed by atoms with van der Waals surface area (Å²) in [6, 6.07) is 11.7. The molecule has 2 aromatic carbocycles. The molecular formula is C23H25N3O7S. The number of benzene rings is 2. The topological polar surface area (TPSA) is 106 Å². The number of amides is 2. The van der Waals surface area contributed by atoms with Gasteiger partial charge in [0.25, 0.3) is 5.91 Å². The van der Waals surface area contributed by atoms with Gasteiger partial charge in [0.15, 0.2) is 17.6 Å². The molecule has 3 aliphatic heterocycles. The molecule has 5 rings (SSSR count). The van der Waals surface area contributed by atoms with Crippen molar-refractivity contribution in [3.05, 3.63) is 42.5 Å². The Kier molecular flexibility index (Phi) is 5.82. The maximum absolute atomic E-state index is 13.2. The van der Waals surface area contributed by atoms with Crippen LogP contribution < -0.4 is 19.1 Å². The van der Waals surface area contributed by atoms with E-state index in [1.807, 2.05) is 6.07 Å². The number of anilines is 1. The minimum atomic E-state index is -3.75. The molecule has 0 N–H and O–H groups in total. The Morgan fingerprint density at radius 2 is 1.62 bits per heavy atom. The van der Waals surface area contributed by atoms with Gasteiger partial charge >= 0.3 is 0 Å². The van der Waals surface area contributed by atoms with Crippen LogP contribution in [0.25, 0.3) is 0 Å². The van der Waals surface area contributed by atoms with Crippen molar-refractivity contribution in [2.24, 2.45) is 0 Å². The first kappa shape index (κ1) is 22.5. The Labute approximate surface area is 197 Å². The number of para-hydroxylation sites is 2. The number of sulfonamides is 1. The molecule has 0 spiro atoms. The lowest BCUT2D eigenvalue weighted by Gasteiger charge is -2.39. The zero-order chi connectivity index (χ0) is 23.9. The highest BCUT2D eigenvalue weighted by atomic mass is 32.2. The molecular weight excluding hydrogens is 462 g/mol. The molecule has 0 aliphatic carbocycles. The van der Waals surface area contributed by atoms with Crippen molar-refractivity contribution in [2.45, 2.75) is 17.9 Å². The van der Waals surface area contributed by atoms with E-state index in [2.05, 4.69) is 0 Å². The lowest BCUT2D eigenvalue weighted by atomic mass is 10.1. The summed E-state index contributed by atoms with van der Waals surface area (Å²) in [4.78, 5) is 28.6. The fourth-order valence-electron chi connectivity index (χ4n) is 4.35. The number of ether oxygens (including phenoxy) is 3.